The molecule has 2 aromatic carbocycles. The van der Waals surface area contributed by atoms with E-state index >= 15 is 0 Å². The molecule has 1 fully saturated rings. The van der Waals surface area contributed by atoms with E-state index in [0.29, 0.717) is 24.9 Å². The van der Waals surface area contributed by atoms with Crippen molar-refractivity contribution in [3.05, 3.63) is 120 Å². The Balaban J connectivity index is 0.000000546. The van der Waals surface area contributed by atoms with Gasteiger partial charge in [0.15, 0.2) is 0 Å². The molecule has 0 bridgehead atoms. The van der Waals surface area contributed by atoms with Crippen molar-refractivity contribution in [3.8, 4) is 24.7 Å². The molecule has 1 saturated heterocycles. The van der Waals surface area contributed by atoms with Crippen LogP contribution >= 0.6 is 47.2 Å². The van der Waals surface area contributed by atoms with E-state index in [0.717, 1.165) is 89.0 Å². The first-order valence-electron chi connectivity index (χ1n) is 27.2. The van der Waals surface area contributed by atoms with Gasteiger partial charge in [-0.2, -0.15) is 0 Å². The largest absolute Gasteiger partial charge is 0.472 e. The topological polar surface area (TPSA) is 232 Å². The Bertz CT molecular complexity index is 3030. The van der Waals surface area contributed by atoms with E-state index in [4.69, 9.17) is 60.8 Å². The fourth-order valence-corrected chi connectivity index (χ4v) is 17.6. The van der Waals surface area contributed by atoms with Crippen molar-refractivity contribution in [2.24, 2.45) is 0 Å². The fraction of sp³-hybridized carbons (Fsp3) is 0.424. The van der Waals surface area contributed by atoms with Crippen molar-refractivity contribution >= 4 is 102 Å². The summed E-state index contributed by atoms with van der Waals surface area (Å²) in [7, 11) is -9.45. The summed E-state index contributed by atoms with van der Waals surface area (Å²) in [6.45, 7) is 15.5. The predicted octanol–water partition coefficient (Wildman–Crippen LogP) is 15.3. The lowest BCUT2D eigenvalue weighted by Crippen LogP contribution is -2.21. The molecule has 1 aliphatic rings. The first kappa shape index (κ1) is 70.5. The van der Waals surface area contributed by atoms with Gasteiger partial charge in [0.2, 0.25) is 0 Å². The number of nitrogen functional groups attached to an aromatic ring is 1. The van der Waals surface area contributed by atoms with E-state index in [1.54, 1.807) is 20.8 Å². The maximum atomic E-state index is 12.3. The summed E-state index contributed by atoms with van der Waals surface area (Å²) in [6, 6.07) is 24.0. The molecule has 436 valence electrons. The second-order valence-corrected chi connectivity index (χ2v) is 26.0. The SMILES string of the molecule is C.C#CC(=O)Nc1cccc(CCC(=S)CCc2ccnc3[nH]ccc23)c1.C#CC(=O)O.CCCP1(=O)OP(=O)(CCC)OP(=O)(CCC)O1.CCN(CC)CC.Nc1cccc(CCC(=S)CCc2ccnc3[nH]ccc23)c1.[2H]C. The average molecular weight is 1190 g/mol. The first-order valence-corrected chi connectivity index (χ1v) is 32.2. The predicted molar refractivity (Wildman–Crippen MR) is 340 cm³/mol. The van der Waals surface area contributed by atoms with Crippen LogP contribution in [0, 0.1) is 24.7 Å². The molecule has 4 aromatic heterocycles. The highest BCUT2D eigenvalue weighted by Crippen LogP contribution is 2.82. The molecule has 0 radical (unpaired) electrons. The van der Waals surface area contributed by atoms with Crippen molar-refractivity contribution in [2.45, 2.75) is 127 Å². The number of thiocarbonyl (C=S) groups is 2. The number of carboxylic acid groups (broad SMARTS) is 1. The molecule has 1 aliphatic heterocycles. The van der Waals surface area contributed by atoms with Gasteiger partial charge < -0.3 is 31.0 Å². The summed E-state index contributed by atoms with van der Waals surface area (Å²) < 4.78 is 58.0. The van der Waals surface area contributed by atoms with Crippen molar-refractivity contribution in [1.29, 1.82) is 0 Å². The van der Waals surface area contributed by atoms with Crippen LogP contribution in [-0.2, 0) is 61.9 Å². The summed E-state index contributed by atoms with van der Waals surface area (Å²) in [4.78, 5) is 39.8. The molecule has 6 N–H and O–H groups in total. The quantitative estimate of drug-likeness (QED) is 0.0184. The number of benzene rings is 2. The highest BCUT2D eigenvalue weighted by atomic mass is 32.1. The molecule has 5 heterocycles. The number of carbonyl (C=O) groups excluding carboxylic acids is 1. The highest BCUT2D eigenvalue weighted by molar-refractivity contribution is 7.81. The molecule has 16 nitrogen and oxygen atoms in total. The maximum absolute atomic E-state index is 12.3. The Hall–Kier alpha value is -5.61. The minimum atomic E-state index is -3.57. The minimum Gasteiger partial charge on any atom is -0.472 e. The standard InChI is InChI=1S/C21H19N3OS.C18H19N3S.C9H21O6P3.C6H15N.C3H2O2.2CH4/c1-2-20(25)24-17-5-3-4-15(14-17)6-8-18(26)9-7-16-10-12-22-21-19(16)11-13-23-21;19-15-3-1-2-13(12-15)4-6-16(22)7-5-14-8-10-20-18-17(14)9-11-21-18;1-4-7-16(10)13-17(11,8-5-2)15-18(12,14-16)9-6-3;1-4-7(5-2)6-3;1-2-3(4)5;;/h1,3-5,10-14H,6-9H2,(H,22,23)(H,24,25);1-3,8-12H,4-7,19H2,(H,20,21);4-9H2,1-3H3;4-6H2,1-3H3;1H,(H,4,5);2*1H4/i;;;;;1D;. The molecular weight excluding hydrogens is 1110 g/mol. The van der Waals surface area contributed by atoms with Crippen LogP contribution in [0.1, 0.15) is 125 Å². The Labute approximate surface area is 488 Å². The van der Waals surface area contributed by atoms with Crippen molar-refractivity contribution in [2.75, 3.05) is 49.2 Å². The molecule has 0 unspecified atom stereocenters. The summed E-state index contributed by atoms with van der Waals surface area (Å²) >= 11 is 11.1. The van der Waals surface area contributed by atoms with Crippen LogP contribution in [0.4, 0.5) is 11.4 Å². The number of rotatable bonds is 22. The van der Waals surface area contributed by atoms with Crippen molar-refractivity contribution in [1.82, 2.24) is 24.8 Å². The molecule has 0 spiro atoms. The van der Waals surface area contributed by atoms with Gasteiger partial charge in [-0.05, 0) is 177 Å². The number of aromatic amines is 2. The number of hydrogen-bond donors (Lipinski definition) is 5. The van der Waals surface area contributed by atoms with Crippen molar-refractivity contribution in [3.63, 3.8) is 0 Å². The second-order valence-electron chi connectivity index (χ2n) is 17.9. The smallest absolute Gasteiger partial charge is 0.381 e. The molecule has 1 amide bonds. The monoisotopic (exact) mass is 1190 g/mol. The number of aryl methyl sites for hydroxylation is 4. The lowest BCUT2D eigenvalue weighted by Gasteiger charge is -2.33. The molecule has 0 aliphatic carbocycles. The van der Waals surface area contributed by atoms with E-state index in [2.05, 4.69) is 87.7 Å². The summed E-state index contributed by atoms with van der Waals surface area (Å²) in [5, 5.41) is 12.5. The van der Waals surface area contributed by atoms with Gasteiger partial charge in [-0.3, -0.25) is 18.5 Å². The first-order chi connectivity index (χ1) is 38.3. The zero-order chi connectivity index (χ0) is 59.6. The van der Waals surface area contributed by atoms with Gasteiger partial charge in [-0.1, -0.05) is 105 Å². The lowest BCUT2D eigenvalue weighted by atomic mass is 10.0. The fourth-order valence-electron chi connectivity index (χ4n) is 7.91. The molecule has 21 heteroatoms. The summed E-state index contributed by atoms with van der Waals surface area (Å²) in [5.41, 5.74) is 14.1. The minimum absolute atomic E-state index is 0. The van der Waals surface area contributed by atoms with Gasteiger partial charge >= 0.3 is 28.8 Å². The number of hydrogen-bond acceptors (Lipinski definition) is 14. The van der Waals surface area contributed by atoms with Crippen LogP contribution in [-0.4, -0.2) is 89.7 Å². The number of carboxylic acids is 1. The number of anilines is 2. The number of nitrogens with one attached hydrogen (secondary N) is 3. The van der Waals surface area contributed by atoms with E-state index in [9.17, 15) is 18.5 Å². The molecule has 0 saturated carbocycles. The number of nitrogens with two attached hydrogens (primary N) is 1. The third kappa shape index (κ3) is 26.3. The zero-order valence-corrected chi connectivity index (χ0v) is 51.0. The van der Waals surface area contributed by atoms with Gasteiger partial charge in [-0.15, -0.1) is 12.8 Å². The highest BCUT2D eigenvalue weighted by Gasteiger charge is 2.51. The van der Waals surface area contributed by atoms with Crippen molar-refractivity contribution < 1.29 is 42.7 Å². The van der Waals surface area contributed by atoms with Gasteiger partial charge in [0.05, 0.1) is 18.5 Å². The number of nitrogens with zero attached hydrogens (tertiary/aromatic N) is 3. The molecule has 7 rings (SSSR count). The number of aromatic nitrogens is 4. The van der Waals surface area contributed by atoms with Crippen LogP contribution < -0.4 is 11.1 Å². The third-order valence-corrected chi connectivity index (χ3v) is 21.6. The van der Waals surface area contributed by atoms with Gasteiger partial charge in [0.1, 0.15) is 11.3 Å². The summed E-state index contributed by atoms with van der Waals surface area (Å²) in [6.07, 6.45) is 26.1. The van der Waals surface area contributed by atoms with E-state index in [1.807, 2.05) is 73.2 Å². The summed E-state index contributed by atoms with van der Waals surface area (Å²) in [5.74, 6) is 1.84. The van der Waals surface area contributed by atoms with E-state index in [-0.39, 0.29) is 25.9 Å². The Morgan fingerprint density at radius 1 is 0.662 bits per heavy atom. The number of terminal acetylenes is 2. The third-order valence-electron chi connectivity index (χ3n) is 11.8. The molecule has 0 atom stereocenters. The average Bonchev–Trinajstić information content (AvgIpc) is 4.27. The van der Waals surface area contributed by atoms with Crippen LogP contribution in [0.15, 0.2) is 97.6 Å². The lowest BCUT2D eigenvalue weighted by molar-refractivity contribution is -0.130. The van der Waals surface area contributed by atoms with Crippen LogP contribution in [0.3, 0.4) is 0 Å². The van der Waals surface area contributed by atoms with E-state index in [1.165, 1.54) is 55.0 Å². The maximum Gasteiger partial charge on any atom is 0.381 e. The number of H-pyrrole nitrogens is 2. The Kier molecular flexibility index (Phi) is 33.6. The number of fused-ring (bicyclic) bond motifs is 2. The zero-order valence-electron chi connectivity index (χ0n) is 47.7. The number of pyridine rings is 2. The van der Waals surface area contributed by atoms with Gasteiger partial charge in [0, 0.05) is 54.2 Å². The van der Waals surface area contributed by atoms with Crippen LogP contribution in [0.5, 0.6) is 0 Å². The van der Waals surface area contributed by atoms with Gasteiger partial charge in [0.25, 0.3) is 5.91 Å². The van der Waals surface area contributed by atoms with E-state index < -0.39 is 34.7 Å². The Morgan fingerprint density at radius 3 is 1.43 bits per heavy atom. The number of aliphatic carboxylic acids is 1. The van der Waals surface area contributed by atoms with Gasteiger partial charge in [-0.25, -0.2) is 27.7 Å². The Morgan fingerprint density at radius 2 is 1.06 bits per heavy atom. The van der Waals surface area contributed by atoms with Crippen LogP contribution in [0.25, 0.3) is 22.1 Å². The molecule has 6 aromatic rings. The number of carbonyl (C=O) groups is 2. The second kappa shape index (κ2) is 38.2. The normalized spacial score (nSPS) is 16.9. The molecular formula is C59H84N7O9P3S2. The van der Waals surface area contributed by atoms with Crippen LogP contribution in [0.2, 0.25) is 0 Å². The number of amides is 1. The molecule has 80 heavy (non-hydrogen) atoms.